The predicted molar refractivity (Wildman–Crippen MR) is 112 cm³/mol. The molecule has 0 aliphatic carbocycles. The third-order valence-corrected chi connectivity index (χ3v) is 5.05. The highest BCUT2D eigenvalue weighted by Gasteiger charge is 2.16. The minimum atomic E-state index is -0.313. The van der Waals surface area contributed by atoms with Crippen molar-refractivity contribution in [1.29, 1.82) is 0 Å². The van der Waals surface area contributed by atoms with Crippen molar-refractivity contribution in [2.45, 2.75) is 0 Å². The van der Waals surface area contributed by atoms with Crippen molar-refractivity contribution < 1.29 is 9.53 Å². The fourth-order valence-electron chi connectivity index (χ4n) is 3.50. The van der Waals surface area contributed by atoms with Gasteiger partial charge in [-0.3, -0.25) is 14.9 Å². The molecule has 1 saturated heterocycles. The van der Waals surface area contributed by atoms with Gasteiger partial charge in [0.05, 0.1) is 48.7 Å². The molecular weight excluding hydrogens is 382 g/mol. The van der Waals surface area contributed by atoms with E-state index in [9.17, 15) is 4.79 Å². The molecule has 3 aromatic heterocycles. The first-order valence-electron chi connectivity index (χ1n) is 9.62. The van der Waals surface area contributed by atoms with Gasteiger partial charge in [-0.25, -0.2) is 0 Å². The van der Waals surface area contributed by atoms with Crippen LogP contribution in [-0.2, 0) is 4.74 Å². The quantitative estimate of drug-likeness (QED) is 0.541. The summed E-state index contributed by atoms with van der Waals surface area (Å²) in [6.07, 6.45) is 6.70. The van der Waals surface area contributed by atoms with Gasteiger partial charge in [0, 0.05) is 30.2 Å². The highest BCUT2D eigenvalue weighted by Crippen LogP contribution is 2.28. The fraction of sp³-hybridized carbons (Fsp3) is 0.190. The molecule has 0 saturated carbocycles. The Balaban J connectivity index is 1.46. The summed E-state index contributed by atoms with van der Waals surface area (Å²) in [7, 11) is 0. The molecule has 1 aliphatic rings. The van der Waals surface area contributed by atoms with Gasteiger partial charge in [-0.15, -0.1) is 0 Å². The van der Waals surface area contributed by atoms with Crippen LogP contribution in [0.5, 0.6) is 0 Å². The van der Waals surface area contributed by atoms with Gasteiger partial charge in [0.2, 0.25) is 0 Å². The Morgan fingerprint density at radius 1 is 1.03 bits per heavy atom. The second-order valence-electron chi connectivity index (χ2n) is 6.95. The first-order chi connectivity index (χ1) is 14.8. The molecule has 1 fully saturated rings. The largest absolute Gasteiger partial charge is 0.378 e. The lowest BCUT2D eigenvalue weighted by atomic mass is 10.0. The smallest absolute Gasteiger partial charge is 0.276 e. The lowest BCUT2D eigenvalue weighted by Gasteiger charge is -2.28. The zero-order chi connectivity index (χ0) is 20.3. The zero-order valence-corrected chi connectivity index (χ0v) is 16.1. The number of ether oxygens (including phenoxy) is 1. The Kier molecular flexibility index (Phi) is 4.78. The van der Waals surface area contributed by atoms with E-state index >= 15 is 0 Å². The van der Waals surface area contributed by atoms with Gasteiger partial charge >= 0.3 is 0 Å². The molecule has 150 valence electrons. The van der Waals surface area contributed by atoms with Gasteiger partial charge in [0.15, 0.2) is 5.69 Å². The number of pyridine rings is 1. The maximum atomic E-state index is 12.7. The normalized spacial score (nSPS) is 14.1. The van der Waals surface area contributed by atoms with Gasteiger partial charge < -0.3 is 15.0 Å². The minimum absolute atomic E-state index is 0.313. The van der Waals surface area contributed by atoms with Crippen LogP contribution in [0.1, 0.15) is 10.5 Å². The van der Waals surface area contributed by atoms with Crippen LogP contribution in [0.4, 0.5) is 11.4 Å². The molecule has 2 N–H and O–H groups in total. The van der Waals surface area contributed by atoms with Crippen LogP contribution in [0.2, 0.25) is 0 Å². The Morgan fingerprint density at radius 3 is 2.77 bits per heavy atom. The summed E-state index contributed by atoms with van der Waals surface area (Å²) in [5.41, 5.74) is 4.67. The van der Waals surface area contributed by atoms with E-state index in [1.807, 2.05) is 30.6 Å². The number of H-pyrrole nitrogens is 1. The number of nitrogens with one attached hydrogen (secondary N) is 2. The number of anilines is 2. The molecule has 1 aromatic carbocycles. The second-order valence-corrected chi connectivity index (χ2v) is 6.95. The Labute approximate surface area is 172 Å². The summed E-state index contributed by atoms with van der Waals surface area (Å²) in [5.74, 6) is -0.313. The summed E-state index contributed by atoms with van der Waals surface area (Å²) >= 11 is 0. The molecule has 30 heavy (non-hydrogen) atoms. The number of fused-ring (bicyclic) bond motifs is 1. The minimum Gasteiger partial charge on any atom is -0.378 e. The Hall–Kier alpha value is -3.85. The molecule has 0 radical (unpaired) electrons. The standard InChI is InChI=1S/C21H19N7O2/c29-21(25-16-3-4-23-24-12-16)20-18-10-14(1-2-19(18)26-27-20)15-9-17(13-22-11-15)28-5-7-30-8-6-28/h1-4,9-13H,5-8H2,(H,26,27)(H,23,25,29). The number of hydrogen-bond acceptors (Lipinski definition) is 7. The van der Waals surface area contributed by atoms with Crippen molar-refractivity contribution in [1.82, 2.24) is 25.4 Å². The van der Waals surface area contributed by atoms with Crippen molar-refractivity contribution in [2.24, 2.45) is 0 Å². The summed E-state index contributed by atoms with van der Waals surface area (Å²) in [5, 5.41) is 18.1. The van der Waals surface area contributed by atoms with Crippen LogP contribution < -0.4 is 10.2 Å². The third-order valence-electron chi connectivity index (χ3n) is 5.05. The Morgan fingerprint density at radius 2 is 1.93 bits per heavy atom. The van der Waals surface area contributed by atoms with E-state index < -0.39 is 0 Å². The van der Waals surface area contributed by atoms with Crippen molar-refractivity contribution in [3.63, 3.8) is 0 Å². The van der Waals surface area contributed by atoms with E-state index in [-0.39, 0.29) is 5.91 Å². The summed E-state index contributed by atoms with van der Waals surface area (Å²) < 4.78 is 5.44. The number of aromatic amines is 1. The van der Waals surface area contributed by atoms with Crippen LogP contribution in [0.25, 0.3) is 22.0 Å². The maximum Gasteiger partial charge on any atom is 0.276 e. The van der Waals surface area contributed by atoms with Crippen molar-refractivity contribution >= 4 is 28.2 Å². The number of morpholine rings is 1. The van der Waals surface area contributed by atoms with E-state index in [2.05, 4.69) is 41.7 Å². The molecule has 4 aromatic rings. The number of hydrogen-bond donors (Lipinski definition) is 2. The Bertz CT molecular complexity index is 1190. The lowest BCUT2D eigenvalue weighted by molar-refractivity contribution is 0.102. The number of amides is 1. The third kappa shape index (κ3) is 3.58. The van der Waals surface area contributed by atoms with Crippen LogP contribution in [0.15, 0.2) is 55.1 Å². The summed E-state index contributed by atoms with van der Waals surface area (Å²) in [6, 6.07) is 9.66. The van der Waals surface area contributed by atoms with Gasteiger partial charge in [0.25, 0.3) is 5.91 Å². The summed E-state index contributed by atoms with van der Waals surface area (Å²) in [6.45, 7) is 3.13. The number of carbonyl (C=O) groups excluding carboxylic acids is 1. The molecule has 0 unspecified atom stereocenters. The average Bonchev–Trinajstić information content (AvgIpc) is 3.24. The number of aromatic nitrogens is 5. The van der Waals surface area contributed by atoms with Crippen molar-refractivity contribution in [3.05, 3.63) is 60.8 Å². The fourth-order valence-corrected chi connectivity index (χ4v) is 3.50. The number of carbonyl (C=O) groups is 1. The van der Waals surface area contributed by atoms with Gasteiger partial charge in [0.1, 0.15) is 0 Å². The monoisotopic (exact) mass is 401 g/mol. The molecule has 0 bridgehead atoms. The first kappa shape index (κ1) is 18.2. The van der Waals surface area contributed by atoms with E-state index in [4.69, 9.17) is 4.74 Å². The highest BCUT2D eigenvalue weighted by molar-refractivity contribution is 6.11. The average molecular weight is 401 g/mol. The SMILES string of the molecule is O=C(Nc1ccnnc1)c1n[nH]c2ccc(-c3cncc(N4CCOCC4)c3)cc12. The lowest BCUT2D eigenvalue weighted by Crippen LogP contribution is -2.36. The van der Waals surface area contributed by atoms with Crippen LogP contribution in [-0.4, -0.2) is 57.6 Å². The molecule has 1 aliphatic heterocycles. The number of rotatable bonds is 4. The highest BCUT2D eigenvalue weighted by atomic mass is 16.5. The topological polar surface area (TPSA) is 109 Å². The first-order valence-corrected chi connectivity index (χ1v) is 9.62. The van der Waals surface area contributed by atoms with Crippen LogP contribution in [0, 0.1) is 0 Å². The zero-order valence-electron chi connectivity index (χ0n) is 16.1. The molecule has 5 rings (SSSR count). The molecule has 1 amide bonds. The van der Waals surface area contributed by atoms with E-state index in [0.717, 1.165) is 54.0 Å². The van der Waals surface area contributed by atoms with Gasteiger partial charge in [-0.05, 0) is 29.8 Å². The van der Waals surface area contributed by atoms with Crippen LogP contribution >= 0.6 is 0 Å². The van der Waals surface area contributed by atoms with Crippen molar-refractivity contribution in [3.8, 4) is 11.1 Å². The maximum absolute atomic E-state index is 12.7. The van der Waals surface area contributed by atoms with E-state index in [0.29, 0.717) is 11.4 Å². The van der Waals surface area contributed by atoms with E-state index in [1.54, 1.807) is 6.07 Å². The van der Waals surface area contributed by atoms with Gasteiger partial charge in [-0.1, -0.05) is 6.07 Å². The van der Waals surface area contributed by atoms with Crippen molar-refractivity contribution in [2.75, 3.05) is 36.5 Å². The molecule has 9 nitrogen and oxygen atoms in total. The molecule has 0 atom stereocenters. The summed E-state index contributed by atoms with van der Waals surface area (Å²) in [4.78, 5) is 19.4. The second kappa shape index (κ2) is 7.88. The predicted octanol–water partition coefficient (Wildman–Crippen LogP) is 2.50. The van der Waals surface area contributed by atoms with E-state index in [1.165, 1.54) is 12.4 Å². The molecular formula is C21H19N7O2. The molecule has 9 heteroatoms. The number of benzene rings is 1. The number of nitrogens with zero attached hydrogens (tertiary/aromatic N) is 5. The molecule has 0 spiro atoms. The molecule has 4 heterocycles. The van der Waals surface area contributed by atoms with Gasteiger partial charge in [-0.2, -0.15) is 15.3 Å². The van der Waals surface area contributed by atoms with Crippen LogP contribution in [0.3, 0.4) is 0 Å².